The Hall–Kier alpha value is -0.910. The molecule has 1 aliphatic heterocycles. The van der Waals surface area contributed by atoms with Crippen LogP contribution in [0.4, 0.5) is 13.6 Å². The molecule has 1 fully saturated rings. The van der Waals surface area contributed by atoms with Crippen LogP contribution in [0, 0.1) is 0 Å². The molecule has 0 bridgehead atoms. The fourth-order valence-electron chi connectivity index (χ4n) is 1.09. The molecule has 0 aromatic rings. The highest BCUT2D eigenvalue weighted by atomic mass is 19.3. The van der Waals surface area contributed by atoms with Crippen LogP contribution in [-0.4, -0.2) is 50.3 Å². The predicted molar refractivity (Wildman–Crippen MR) is 39.7 cm³/mol. The summed E-state index contributed by atoms with van der Waals surface area (Å²) in [5, 5.41) is 0. The second-order valence-corrected chi connectivity index (χ2v) is 2.80. The Morgan fingerprint density at radius 1 is 1.62 bits per heavy atom. The minimum atomic E-state index is -2.98. The van der Waals surface area contributed by atoms with E-state index in [9.17, 15) is 13.6 Å². The molecular formula is C7H11F2NO3. The molecule has 0 atom stereocenters. The van der Waals surface area contributed by atoms with Gasteiger partial charge in [-0.05, 0) is 0 Å². The molecule has 1 saturated heterocycles. The quantitative estimate of drug-likeness (QED) is 0.571. The Morgan fingerprint density at radius 3 is 2.92 bits per heavy atom. The highest BCUT2D eigenvalue weighted by Gasteiger charge is 2.36. The Labute approximate surface area is 74.4 Å². The monoisotopic (exact) mass is 195 g/mol. The first-order valence-corrected chi connectivity index (χ1v) is 3.83. The molecule has 4 nitrogen and oxygen atoms in total. The van der Waals surface area contributed by atoms with Crippen molar-refractivity contribution in [2.45, 2.75) is 5.92 Å². The minimum absolute atomic E-state index is 0.116. The van der Waals surface area contributed by atoms with Crippen molar-refractivity contribution in [3.05, 3.63) is 0 Å². The van der Waals surface area contributed by atoms with Crippen LogP contribution < -0.4 is 0 Å². The number of amides is 1. The lowest BCUT2D eigenvalue weighted by atomic mass is 10.3. The summed E-state index contributed by atoms with van der Waals surface area (Å²) < 4.78 is 34.6. The minimum Gasteiger partial charge on any atom is -0.453 e. The Kier molecular flexibility index (Phi) is 3.02. The third-order valence-electron chi connectivity index (χ3n) is 1.67. The summed E-state index contributed by atoms with van der Waals surface area (Å²) in [6.45, 7) is -1.02. The topological polar surface area (TPSA) is 38.8 Å². The molecule has 1 amide bonds. The van der Waals surface area contributed by atoms with Gasteiger partial charge in [-0.1, -0.05) is 0 Å². The molecule has 76 valence electrons. The Bertz CT molecular complexity index is 198. The molecule has 0 saturated carbocycles. The van der Waals surface area contributed by atoms with Gasteiger partial charge in [0.05, 0.1) is 20.3 Å². The average molecular weight is 195 g/mol. The molecule has 0 unspecified atom stereocenters. The van der Waals surface area contributed by atoms with Crippen LogP contribution in [0.2, 0.25) is 0 Å². The normalized spacial score (nSPS) is 22.2. The van der Waals surface area contributed by atoms with Crippen molar-refractivity contribution in [3.8, 4) is 0 Å². The van der Waals surface area contributed by atoms with Crippen LogP contribution in [0.25, 0.3) is 0 Å². The van der Waals surface area contributed by atoms with Crippen LogP contribution in [0.5, 0.6) is 0 Å². The molecule has 0 aromatic carbocycles. The molecular weight excluding hydrogens is 184 g/mol. The molecule has 0 spiro atoms. The summed E-state index contributed by atoms with van der Waals surface area (Å²) in [7, 11) is 1.16. The van der Waals surface area contributed by atoms with Crippen LogP contribution in [0.1, 0.15) is 0 Å². The van der Waals surface area contributed by atoms with Gasteiger partial charge in [0.15, 0.2) is 0 Å². The number of hydrogen-bond donors (Lipinski definition) is 0. The molecule has 1 heterocycles. The highest BCUT2D eigenvalue weighted by Crippen LogP contribution is 2.18. The molecule has 6 heteroatoms. The van der Waals surface area contributed by atoms with Crippen molar-refractivity contribution in [2.75, 3.05) is 33.4 Å². The summed E-state index contributed by atoms with van der Waals surface area (Å²) in [5.41, 5.74) is 0. The zero-order valence-corrected chi connectivity index (χ0v) is 7.26. The smallest absolute Gasteiger partial charge is 0.409 e. The van der Waals surface area contributed by atoms with Crippen LogP contribution in [0.15, 0.2) is 0 Å². The first kappa shape index (κ1) is 10.2. The highest BCUT2D eigenvalue weighted by molar-refractivity contribution is 5.67. The standard InChI is InChI=1S/C7H11F2NO3/c1-12-6(11)10-2-3-13-5-7(8,9)4-10/h2-5H2,1H3. The van der Waals surface area contributed by atoms with Crippen molar-refractivity contribution in [1.82, 2.24) is 4.90 Å². The van der Waals surface area contributed by atoms with Crippen molar-refractivity contribution in [1.29, 1.82) is 0 Å². The first-order valence-electron chi connectivity index (χ1n) is 3.83. The third kappa shape index (κ3) is 2.80. The van der Waals surface area contributed by atoms with E-state index in [2.05, 4.69) is 9.47 Å². The van der Waals surface area contributed by atoms with E-state index in [-0.39, 0.29) is 13.2 Å². The Balaban J connectivity index is 2.59. The maximum atomic E-state index is 12.8. The molecule has 13 heavy (non-hydrogen) atoms. The second kappa shape index (κ2) is 3.87. The summed E-state index contributed by atoms with van der Waals surface area (Å²) in [6, 6.07) is 0. The van der Waals surface area contributed by atoms with Crippen molar-refractivity contribution >= 4 is 6.09 Å². The van der Waals surface area contributed by atoms with Crippen molar-refractivity contribution < 1.29 is 23.0 Å². The first-order chi connectivity index (χ1) is 6.05. The zero-order valence-electron chi connectivity index (χ0n) is 7.26. The fraction of sp³-hybridized carbons (Fsp3) is 0.857. The molecule has 1 rings (SSSR count). The van der Waals surface area contributed by atoms with Gasteiger partial charge in [0.25, 0.3) is 5.92 Å². The summed E-state index contributed by atoms with van der Waals surface area (Å²) in [4.78, 5) is 11.9. The van der Waals surface area contributed by atoms with Gasteiger partial charge in [-0.2, -0.15) is 0 Å². The molecule has 0 aromatic heterocycles. The number of carbonyl (C=O) groups is 1. The van der Waals surface area contributed by atoms with Gasteiger partial charge < -0.3 is 9.47 Å². The number of ether oxygens (including phenoxy) is 2. The molecule has 0 aliphatic carbocycles. The van der Waals surface area contributed by atoms with E-state index in [0.717, 1.165) is 12.0 Å². The summed E-state index contributed by atoms with van der Waals surface area (Å²) >= 11 is 0. The number of hydrogen-bond acceptors (Lipinski definition) is 3. The van der Waals surface area contributed by atoms with E-state index in [4.69, 9.17) is 0 Å². The Morgan fingerprint density at radius 2 is 2.31 bits per heavy atom. The third-order valence-corrected chi connectivity index (χ3v) is 1.67. The lowest BCUT2D eigenvalue weighted by Crippen LogP contribution is -2.41. The lowest BCUT2D eigenvalue weighted by molar-refractivity contribution is -0.0669. The maximum absolute atomic E-state index is 12.8. The van der Waals surface area contributed by atoms with Gasteiger partial charge in [0.2, 0.25) is 0 Å². The maximum Gasteiger partial charge on any atom is 0.409 e. The van der Waals surface area contributed by atoms with Crippen molar-refractivity contribution in [2.24, 2.45) is 0 Å². The van der Waals surface area contributed by atoms with E-state index >= 15 is 0 Å². The summed E-state index contributed by atoms with van der Waals surface area (Å²) in [6.07, 6.45) is -0.745. The van der Waals surface area contributed by atoms with E-state index in [1.807, 2.05) is 0 Å². The number of nitrogens with zero attached hydrogens (tertiary/aromatic N) is 1. The van der Waals surface area contributed by atoms with Gasteiger partial charge in [-0.3, -0.25) is 4.90 Å². The van der Waals surface area contributed by atoms with Gasteiger partial charge in [0, 0.05) is 6.54 Å². The van der Waals surface area contributed by atoms with Crippen LogP contribution >= 0.6 is 0 Å². The van der Waals surface area contributed by atoms with Crippen molar-refractivity contribution in [3.63, 3.8) is 0 Å². The fourth-order valence-corrected chi connectivity index (χ4v) is 1.09. The molecule has 1 aliphatic rings. The van der Waals surface area contributed by atoms with E-state index in [0.29, 0.717) is 0 Å². The summed E-state index contributed by atoms with van der Waals surface area (Å²) in [5.74, 6) is -2.98. The van der Waals surface area contributed by atoms with Gasteiger partial charge in [-0.25, -0.2) is 13.6 Å². The van der Waals surface area contributed by atoms with E-state index in [1.54, 1.807) is 0 Å². The number of halogens is 2. The number of carbonyl (C=O) groups excluding carboxylic acids is 1. The van der Waals surface area contributed by atoms with Gasteiger partial charge in [-0.15, -0.1) is 0 Å². The SMILES string of the molecule is COC(=O)N1CCOCC(F)(F)C1. The second-order valence-electron chi connectivity index (χ2n) is 2.80. The lowest BCUT2D eigenvalue weighted by Gasteiger charge is -2.21. The van der Waals surface area contributed by atoms with E-state index < -0.39 is 25.2 Å². The number of methoxy groups -OCH3 is 1. The van der Waals surface area contributed by atoms with Gasteiger partial charge in [0.1, 0.15) is 6.61 Å². The zero-order chi connectivity index (χ0) is 9.90. The molecule has 0 N–H and O–H groups in total. The van der Waals surface area contributed by atoms with Gasteiger partial charge >= 0.3 is 6.09 Å². The number of rotatable bonds is 0. The largest absolute Gasteiger partial charge is 0.453 e. The van der Waals surface area contributed by atoms with Crippen LogP contribution in [0.3, 0.4) is 0 Å². The van der Waals surface area contributed by atoms with Crippen LogP contribution in [-0.2, 0) is 9.47 Å². The number of alkyl halides is 2. The van der Waals surface area contributed by atoms with E-state index in [1.165, 1.54) is 0 Å². The average Bonchev–Trinajstić information content (AvgIpc) is 2.25. The molecule has 0 radical (unpaired) electrons. The predicted octanol–water partition coefficient (Wildman–Crippen LogP) is 0.720.